The summed E-state index contributed by atoms with van der Waals surface area (Å²) in [4.78, 5) is 46.6. The van der Waals surface area contributed by atoms with Crippen molar-refractivity contribution in [3.05, 3.63) is 0 Å². The molecule has 9 N–H and O–H groups in total. The van der Waals surface area contributed by atoms with Gasteiger partial charge < -0.3 is 32.9 Å². The van der Waals surface area contributed by atoms with Gasteiger partial charge in [-0.15, -0.1) is 0 Å². The van der Waals surface area contributed by atoms with Crippen LogP contribution in [0.3, 0.4) is 0 Å². The summed E-state index contributed by atoms with van der Waals surface area (Å²) in [5.74, 6) is -3.26. The minimum Gasteiger partial charge on any atom is -0.480 e. The van der Waals surface area contributed by atoms with Crippen molar-refractivity contribution in [1.82, 2.24) is 10.6 Å². The van der Waals surface area contributed by atoms with Crippen molar-refractivity contribution >= 4 is 23.7 Å². The van der Waals surface area contributed by atoms with Crippen LogP contribution in [0.2, 0.25) is 0 Å². The smallest absolute Gasteiger partial charge is 0.326 e. The molecule has 0 rings (SSSR count). The number of hydrogen-bond donors (Lipinski definition) is 6. The maximum Gasteiger partial charge on any atom is 0.326 e. The molecule has 0 radical (unpaired) electrons. The van der Waals surface area contributed by atoms with Gasteiger partial charge in [-0.05, 0) is 38.1 Å². The van der Waals surface area contributed by atoms with E-state index >= 15 is 0 Å². The molecule has 10 nitrogen and oxygen atoms in total. The predicted octanol–water partition coefficient (Wildman–Crippen LogP) is -1.58. The molecule has 0 spiro atoms. The minimum absolute atomic E-state index is 0.0486. The van der Waals surface area contributed by atoms with Crippen LogP contribution in [0.5, 0.6) is 0 Å². The summed E-state index contributed by atoms with van der Waals surface area (Å²) in [6.45, 7) is 3.77. The molecule has 0 aliphatic carbocycles. The maximum atomic E-state index is 12.4. The topological polar surface area (TPSA) is 191 Å². The number of carbonyl (C=O) groups excluding carboxylic acids is 3. The van der Waals surface area contributed by atoms with Crippen LogP contribution < -0.4 is 27.8 Å². The van der Waals surface area contributed by atoms with Gasteiger partial charge in [0.15, 0.2) is 0 Å². The lowest BCUT2D eigenvalue weighted by molar-refractivity contribution is -0.143. The highest BCUT2D eigenvalue weighted by Gasteiger charge is 2.29. The third-order valence-electron chi connectivity index (χ3n) is 3.85. The van der Waals surface area contributed by atoms with Gasteiger partial charge >= 0.3 is 5.97 Å². The molecule has 0 unspecified atom stereocenters. The van der Waals surface area contributed by atoms with E-state index < -0.39 is 41.8 Å². The van der Waals surface area contributed by atoms with Gasteiger partial charge in [0, 0.05) is 6.42 Å². The van der Waals surface area contributed by atoms with Crippen LogP contribution in [0.15, 0.2) is 0 Å². The van der Waals surface area contributed by atoms with E-state index in [2.05, 4.69) is 10.6 Å². The number of aliphatic carboxylic acids is 1. The minimum atomic E-state index is -1.15. The van der Waals surface area contributed by atoms with E-state index in [-0.39, 0.29) is 18.8 Å². The molecular formula is C16H31N5O5. The second kappa shape index (κ2) is 12.2. The van der Waals surface area contributed by atoms with Gasteiger partial charge in [-0.1, -0.05) is 13.8 Å². The zero-order valence-corrected chi connectivity index (χ0v) is 15.4. The molecule has 0 aliphatic heterocycles. The number of amides is 3. The van der Waals surface area contributed by atoms with Crippen molar-refractivity contribution in [3.63, 3.8) is 0 Å². The first kappa shape index (κ1) is 23.8. The van der Waals surface area contributed by atoms with E-state index in [1.807, 2.05) is 0 Å². The first-order valence-corrected chi connectivity index (χ1v) is 8.67. The summed E-state index contributed by atoms with van der Waals surface area (Å²) in [5, 5.41) is 14.2. The van der Waals surface area contributed by atoms with E-state index in [1.165, 1.54) is 0 Å². The largest absolute Gasteiger partial charge is 0.480 e. The summed E-state index contributed by atoms with van der Waals surface area (Å²) >= 11 is 0. The van der Waals surface area contributed by atoms with Crippen LogP contribution in [-0.2, 0) is 19.2 Å². The monoisotopic (exact) mass is 373 g/mol. The van der Waals surface area contributed by atoms with Crippen LogP contribution in [0, 0.1) is 5.92 Å². The Morgan fingerprint density at radius 2 is 1.62 bits per heavy atom. The Hall–Kier alpha value is -2.20. The van der Waals surface area contributed by atoms with E-state index in [1.54, 1.807) is 13.8 Å². The number of nitrogens with two attached hydrogens (primary N) is 3. The quantitative estimate of drug-likeness (QED) is 0.210. The molecule has 0 aromatic carbocycles. The Morgan fingerprint density at radius 3 is 2.08 bits per heavy atom. The lowest BCUT2D eigenvalue weighted by atomic mass is 10.0. The van der Waals surface area contributed by atoms with Gasteiger partial charge in [0.25, 0.3) is 0 Å². The number of carbonyl (C=O) groups is 4. The molecule has 0 aromatic heterocycles. The summed E-state index contributed by atoms with van der Waals surface area (Å²) in [5.41, 5.74) is 16.2. The maximum absolute atomic E-state index is 12.4. The second-order valence-corrected chi connectivity index (χ2v) is 6.53. The van der Waals surface area contributed by atoms with Crippen LogP contribution in [-0.4, -0.2) is 53.5 Å². The SMILES string of the molecule is CC(C)[C@H](NC(=O)[C@H](CCCCN)NC(=O)[C@@H](N)CCC(N)=O)C(=O)O. The van der Waals surface area contributed by atoms with Gasteiger partial charge in [0.2, 0.25) is 17.7 Å². The first-order valence-electron chi connectivity index (χ1n) is 8.67. The van der Waals surface area contributed by atoms with Crippen molar-refractivity contribution in [2.24, 2.45) is 23.1 Å². The highest BCUT2D eigenvalue weighted by atomic mass is 16.4. The highest BCUT2D eigenvalue weighted by molar-refractivity contribution is 5.92. The third-order valence-corrected chi connectivity index (χ3v) is 3.85. The molecule has 0 fully saturated rings. The molecule has 0 saturated heterocycles. The Labute approximate surface area is 153 Å². The van der Waals surface area contributed by atoms with Crippen molar-refractivity contribution in [2.45, 2.75) is 64.1 Å². The molecule has 0 aliphatic rings. The molecule has 3 amide bonds. The Bertz CT molecular complexity index is 497. The zero-order chi connectivity index (χ0) is 20.3. The van der Waals surface area contributed by atoms with Crippen LogP contribution in [0.4, 0.5) is 0 Å². The van der Waals surface area contributed by atoms with Crippen molar-refractivity contribution < 1.29 is 24.3 Å². The van der Waals surface area contributed by atoms with Crippen molar-refractivity contribution in [1.29, 1.82) is 0 Å². The molecule has 3 atom stereocenters. The Kier molecular flexibility index (Phi) is 11.2. The predicted molar refractivity (Wildman–Crippen MR) is 95.6 cm³/mol. The Morgan fingerprint density at radius 1 is 1.00 bits per heavy atom. The fraction of sp³-hybridized carbons (Fsp3) is 0.750. The van der Waals surface area contributed by atoms with Crippen LogP contribution in [0.1, 0.15) is 46.0 Å². The molecule has 0 aromatic rings. The van der Waals surface area contributed by atoms with Crippen LogP contribution >= 0.6 is 0 Å². The highest BCUT2D eigenvalue weighted by Crippen LogP contribution is 2.06. The number of hydrogen-bond acceptors (Lipinski definition) is 6. The third kappa shape index (κ3) is 9.33. The van der Waals surface area contributed by atoms with Gasteiger partial charge in [-0.25, -0.2) is 4.79 Å². The van der Waals surface area contributed by atoms with E-state index in [0.717, 1.165) is 0 Å². The number of nitrogens with one attached hydrogen (secondary N) is 2. The van der Waals surface area contributed by atoms with Gasteiger partial charge in [-0.3, -0.25) is 14.4 Å². The molecule has 0 heterocycles. The molecule has 26 heavy (non-hydrogen) atoms. The standard InChI is InChI=1S/C16H31N5O5/c1-9(2)13(16(25)26)21-15(24)11(5-3-4-8-17)20-14(23)10(18)6-7-12(19)22/h9-11,13H,3-8,17-18H2,1-2H3,(H2,19,22)(H,20,23)(H,21,24)(H,25,26)/t10-,11-,13-/m0/s1. The lowest BCUT2D eigenvalue weighted by Gasteiger charge is -2.24. The fourth-order valence-corrected chi connectivity index (χ4v) is 2.24. The number of primary amides is 1. The average molecular weight is 373 g/mol. The summed E-state index contributed by atoms with van der Waals surface area (Å²) < 4.78 is 0. The van der Waals surface area contributed by atoms with Gasteiger partial charge in [-0.2, -0.15) is 0 Å². The summed E-state index contributed by atoms with van der Waals surface area (Å²) in [6.07, 6.45) is 1.53. The fourth-order valence-electron chi connectivity index (χ4n) is 2.24. The zero-order valence-electron chi connectivity index (χ0n) is 15.4. The Balaban J connectivity index is 4.96. The number of rotatable bonds is 13. The number of carboxylic acid groups (broad SMARTS) is 1. The average Bonchev–Trinajstić information content (AvgIpc) is 2.55. The number of unbranched alkanes of at least 4 members (excludes halogenated alkanes) is 1. The lowest BCUT2D eigenvalue weighted by Crippen LogP contribution is -2.55. The summed E-state index contributed by atoms with van der Waals surface area (Å²) in [6, 6.07) is -3.00. The van der Waals surface area contributed by atoms with Crippen molar-refractivity contribution in [2.75, 3.05) is 6.54 Å². The van der Waals surface area contributed by atoms with Crippen LogP contribution in [0.25, 0.3) is 0 Å². The number of carboxylic acids is 1. The molecule has 10 heteroatoms. The molecule has 0 saturated carbocycles. The van der Waals surface area contributed by atoms with E-state index in [0.29, 0.717) is 25.8 Å². The van der Waals surface area contributed by atoms with E-state index in [9.17, 15) is 24.3 Å². The van der Waals surface area contributed by atoms with E-state index in [4.69, 9.17) is 17.2 Å². The van der Waals surface area contributed by atoms with Crippen molar-refractivity contribution in [3.8, 4) is 0 Å². The molecule has 0 bridgehead atoms. The molecular weight excluding hydrogens is 342 g/mol. The van der Waals surface area contributed by atoms with Gasteiger partial charge in [0.05, 0.1) is 6.04 Å². The normalized spacial score (nSPS) is 14.3. The summed E-state index contributed by atoms with van der Waals surface area (Å²) in [7, 11) is 0. The second-order valence-electron chi connectivity index (χ2n) is 6.53. The van der Waals surface area contributed by atoms with Gasteiger partial charge in [0.1, 0.15) is 12.1 Å². The first-order chi connectivity index (χ1) is 12.1. The molecule has 150 valence electrons.